The van der Waals surface area contributed by atoms with E-state index in [1.165, 1.54) is 11.1 Å². The quantitative estimate of drug-likeness (QED) is 0.776. The number of hydrogen-bond acceptors (Lipinski definition) is 2. The molecule has 1 aromatic rings. The van der Waals surface area contributed by atoms with E-state index in [1.807, 2.05) is 0 Å². The summed E-state index contributed by atoms with van der Waals surface area (Å²) in [6.45, 7) is 4.45. The molecule has 0 spiro atoms. The zero-order valence-corrected chi connectivity index (χ0v) is 9.33. The molecule has 1 aliphatic rings. The highest BCUT2D eigenvalue weighted by Gasteiger charge is 2.15. The second-order valence-corrected chi connectivity index (χ2v) is 4.62. The normalized spacial score (nSPS) is 19.9. The van der Waals surface area contributed by atoms with Gasteiger partial charge >= 0.3 is 0 Å². The molecular weight excluding hydrogens is 186 g/mol. The molecule has 1 atom stereocenters. The molecule has 0 aromatic heterocycles. The summed E-state index contributed by atoms with van der Waals surface area (Å²) >= 11 is 0. The summed E-state index contributed by atoms with van der Waals surface area (Å²) in [6, 6.07) is 6.41. The van der Waals surface area contributed by atoms with Gasteiger partial charge in [-0.25, -0.2) is 0 Å². The third-order valence-corrected chi connectivity index (χ3v) is 2.64. The minimum Gasteiger partial charge on any atom is -0.374 e. The average molecular weight is 204 g/mol. The number of aliphatic hydroxyl groups is 1. The lowest BCUT2D eigenvalue weighted by Crippen LogP contribution is -2.23. The van der Waals surface area contributed by atoms with Crippen LogP contribution in [0.1, 0.15) is 31.4 Å². The van der Waals surface area contributed by atoms with Crippen molar-refractivity contribution in [2.75, 3.05) is 5.32 Å². The van der Waals surface area contributed by atoms with Crippen LogP contribution in [0.5, 0.6) is 0 Å². The van der Waals surface area contributed by atoms with Gasteiger partial charge in [0.05, 0.1) is 0 Å². The smallest absolute Gasteiger partial charge is 0.125 e. The van der Waals surface area contributed by atoms with Crippen LogP contribution in [0.3, 0.4) is 0 Å². The number of rotatable bonds is 2. The molecule has 1 unspecified atom stereocenters. The summed E-state index contributed by atoms with van der Waals surface area (Å²) in [6.07, 6.45) is 3.48. The van der Waals surface area contributed by atoms with Gasteiger partial charge in [0.1, 0.15) is 6.23 Å². The van der Waals surface area contributed by atoms with Gasteiger partial charge in [0.25, 0.3) is 0 Å². The van der Waals surface area contributed by atoms with Crippen molar-refractivity contribution in [2.45, 2.75) is 32.9 Å². The first kappa shape index (κ1) is 10.5. The number of fused-ring (bicyclic) bond motifs is 1. The highest BCUT2D eigenvalue weighted by atomic mass is 16.3. The Bertz CT molecular complexity index is 346. The fourth-order valence-corrected chi connectivity index (χ4v) is 1.99. The molecule has 1 radical (unpaired) electrons. The Labute approximate surface area is 91.3 Å². The Balaban J connectivity index is 2.19. The van der Waals surface area contributed by atoms with Crippen molar-refractivity contribution in [3.05, 3.63) is 35.7 Å². The summed E-state index contributed by atoms with van der Waals surface area (Å²) in [5.74, 6) is 0.685. The van der Waals surface area contributed by atoms with Gasteiger partial charge in [0, 0.05) is 5.69 Å². The maximum absolute atomic E-state index is 9.43. The first-order valence-corrected chi connectivity index (χ1v) is 5.56. The molecule has 0 fully saturated rings. The molecule has 2 nitrogen and oxygen atoms in total. The molecule has 0 bridgehead atoms. The Morgan fingerprint density at radius 3 is 3.00 bits per heavy atom. The van der Waals surface area contributed by atoms with Crippen molar-refractivity contribution in [1.82, 2.24) is 0 Å². The fourth-order valence-electron chi connectivity index (χ4n) is 1.99. The molecule has 81 valence electrons. The standard InChI is InChI=1S/C13H18NO/c1-9(2)7-10-3-5-12-11(8-10)4-6-13(15)14-12/h3-5,8-9,13-15H,6-7H2,1-2H3. The van der Waals surface area contributed by atoms with E-state index in [4.69, 9.17) is 0 Å². The number of nitrogens with one attached hydrogen (secondary N) is 1. The topological polar surface area (TPSA) is 32.3 Å². The Morgan fingerprint density at radius 2 is 2.27 bits per heavy atom. The lowest BCUT2D eigenvalue weighted by Gasteiger charge is -2.23. The van der Waals surface area contributed by atoms with Gasteiger partial charge in [-0.15, -0.1) is 0 Å². The number of anilines is 1. The number of benzene rings is 1. The Morgan fingerprint density at radius 1 is 1.47 bits per heavy atom. The molecule has 0 saturated carbocycles. The van der Waals surface area contributed by atoms with Crippen LogP contribution < -0.4 is 5.32 Å². The van der Waals surface area contributed by atoms with Gasteiger partial charge in [0.2, 0.25) is 0 Å². The summed E-state index contributed by atoms with van der Waals surface area (Å²) in [4.78, 5) is 0. The van der Waals surface area contributed by atoms with Gasteiger partial charge in [-0.1, -0.05) is 26.0 Å². The Hall–Kier alpha value is -1.02. The van der Waals surface area contributed by atoms with E-state index >= 15 is 0 Å². The van der Waals surface area contributed by atoms with Crippen molar-refractivity contribution in [3.8, 4) is 0 Å². The predicted octanol–water partition coefficient (Wildman–Crippen LogP) is 2.57. The van der Waals surface area contributed by atoms with Crippen LogP contribution in [-0.4, -0.2) is 11.3 Å². The van der Waals surface area contributed by atoms with Crippen LogP contribution in [-0.2, 0) is 6.42 Å². The predicted molar refractivity (Wildman–Crippen MR) is 62.6 cm³/mol. The van der Waals surface area contributed by atoms with E-state index < -0.39 is 6.23 Å². The fraction of sp³-hybridized carbons (Fsp3) is 0.462. The van der Waals surface area contributed by atoms with Crippen molar-refractivity contribution in [1.29, 1.82) is 0 Å². The first-order chi connectivity index (χ1) is 7.15. The third-order valence-electron chi connectivity index (χ3n) is 2.64. The van der Waals surface area contributed by atoms with Gasteiger partial charge in [0.15, 0.2) is 0 Å². The highest BCUT2D eigenvalue weighted by molar-refractivity contribution is 5.58. The summed E-state index contributed by atoms with van der Waals surface area (Å²) in [5.41, 5.74) is 3.64. The zero-order chi connectivity index (χ0) is 10.8. The van der Waals surface area contributed by atoms with E-state index in [-0.39, 0.29) is 0 Å². The molecule has 2 N–H and O–H groups in total. The van der Waals surface area contributed by atoms with E-state index in [9.17, 15) is 5.11 Å². The van der Waals surface area contributed by atoms with E-state index in [2.05, 4.69) is 43.8 Å². The average Bonchev–Trinajstić information content (AvgIpc) is 2.17. The maximum Gasteiger partial charge on any atom is 0.125 e. The van der Waals surface area contributed by atoms with Crippen molar-refractivity contribution in [2.24, 2.45) is 5.92 Å². The monoisotopic (exact) mass is 204 g/mol. The zero-order valence-electron chi connectivity index (χ0n) is 9.33. The first-order valence-electron chi connectivity index (χ1n) is 5.56. The highest BCUT2D eigenvalue weighted by Crippen LogP contribution is 2.27. The van der Waals surface area contributed by atoms with Crippen molar-refractivity contribution >= 4 is 5.69 Å². The van der Waals surface area contributed by atoms with E-state index in [0.29, 0.717) is 12.3 Å². The van der Waals surface area contributed by atoms with Crippen LogP contribution in [0.25, 0.3) is 0 Å². The van der Waals surface area contributed by atoms with Crippen LogP contribution in [0.2, 0.25) is 0 Å². The van der Waals surface area contributed by atoms with Gasteiger partial charge in [-0.05, 0) is 42.4 Å². The molecule has 1 aliphatic heterocycles. The van der Waals surface area contributed by atoms with Crippen LogP contribution in [0, 0.1) is 12.3 Å². The second kappa shape index (κ2) is 4.23. The molecule has 1 aromatic carbocycles. The van der Waals surface area contributed by atoms with Gasteiger partial charge < -0.3 is 10.4 Å². The van der Waals surface area contributed by atoms with Crippen LogP contribution in [0.15, 0.2) is 18.2 Å². The van der Waals surface area contributed by atoms with Crippen LogP contribution in [0.4, 0.5) is 5.69 Å². The summed E-state index contributed by atoms with van der Waals surface area (Å²) in [5, 5.41) is 12.5. The SMILES string of the molecule is CC(C)Cc1ccc2c(c1)[CH]CC(O)N2. The summed E-state index contributed by atoms with van der Waals surface area (Å²) in [7, 11) is 0. The van der Waals surface area contributed by atoms with E-state index in [0.717, 1.165) is 12.1 Å². The molecule has 2 rings (SSSR count). The molecule has 0 amide bonds. The second-order valence-electron chi connectivity index (χ2n) is 4.62. The maximum atomic E-state index is 9.43. The van der Waals surface area contributed by atoms with Gasteiger partial charge in [-0.2, -0.15) is 0 Å². The molecule has 15 heavy (non-hydrogen) atoms. The molecule has 0 aliphatic carbocycles. The van der Waals surface area contributed by atoms with Crippen LogP contribution >= 0.6 is 0 Å². The molecular formula is C13H18NO. The van der Waals surface area contributed by atoms with E-state index in [1.54, 1.807) is 0 Å². The van der Waals surface area contributed by atoms with Crippen molar-refractivity contribution in [3.63, 3.8) is 0 Å². The minimum absolute atomic E-state index is 0.423. The van der Waals surface area contributed by atoms with Gasteiger partial charge in [-0.3, -0.25) is 0 Å². The third kappa shape index (κ3) is 2.51. The molecule has 2 heteroatoms. The minimum atomic E-state index is -0.423. The lowest BCUT2D eigenvalue weighted by atomic mass is 9.96. The largest absolute Gasteiger partial charge is 0.374 e. The number of aliphatic hydroxyl groups excluding tert-OH is 1. The van der Waals surface area contributed by atoms with Crippen molar-refractivity contribution < 1.29 is 5.11 Å². The summed E-state index contributed by atoms with van der Waals surface area (Å²) < 4.78 is 0. The molecule has 1 heterocycles. The molecule has 0 saturated heterocycles. The number of hydrogen-bond donors (Lipinski definition) is 2. The lowest BCUT2D eigenvalue weighted by molar-refractivity contribution is 0.201. The Kier molecular flexibility index (Phi) is 2.96.